The van der Waals surface area contributed by atoms with Crippen molar-refractivity contribution in [3.63, 3.8) is 0 Å². The quantitative estimate of drug-likeness (QED) is 0.0223. The van der Waals surface area contributed by atoms with Crippen LogP contribution in [0.25, 0.3) is 0 Å². The Morgan fingerprint density at radius 3 is 1.08 bits per heavy atom. The summed E-state index contributed by atoms with van der Waals surface area (Å²) in [4.78, 5) is 87.8. The molecule has 0 aliphatic carbocycles. The summed E-state index contributed by atoms with van der Waals surface area (Å²) in [6, 6.07) is 0. The van der Waals surface area contributed by atoms with E-state index in [1.54, 1.807) is 69.2 Å². The molecule has 0 spiro atoms. The first-order valence-corrected chi connectivity index (χ1v) is 28.9. The maximum atomic E-state index is 13.3. The molecule has 18 nitrogen and oxygen atoms in total. The molecular weight excluding hydrogens is 964 g/mol. The van der Waals surface area contributed by atoms with Crippen LogP contribution in [0.4, 0.5) is 9.59 Å². The largest absolute Gasteiger partial charge is 0.472 e. The molecule has 0 aromatic heterocycles. The Hall–Kier alpha value is -3.47. The van der Waals surface area contributed by atoms with E-state index in [2.05, 4.69) is 24.5 Å². The summed E-state index contributed by atoms with van der Waals surface area (Å²) in [6.07, 6.45) is 19.7. The molecule has 0 saturated heterocycles. The van der Waals surface area contributed by atoms with Crippen LogP contribution in [-0.2, 0) is 61.2 Å². The van der Waals surface area contributed by atoms with Crippen molar-refractivity contribution in [3.05, 3.63) is 0 Å². The van der Waals surface area contributed by atoms with E-state index in [0.29, 0.717) is 12.8 Å². The Labute approximate surface area is 439 Å². The molecule has 2 amide bonds. The van der Waals surface area contributed by atoms with E-state index in [0.717, 1.165) is 44.9 Å². The van der Waals surface area contributed by atoms with Crippen LogP contribution in [0, 0.1) is 0 Å². The molecule has 0 aliphatic rings. The zero-order chi connectivity index (χ0) is 55.4. The van der Waals surface area contributed by atoms with Crippen molar-refractivity contribution in [2.75, 3.05) is 26.4 Å². The van der Waals surface area contributed by atoms with Crippen molar-refractivity contribution in [2.24, 2.45) is 0 Å². The van der Waals surface area contributed by atoms with Crippen LogP contribution in [0.15, 0.2) is 0 Å². The van der Waals surface area contributed by atoms with Crippen LogP contribution in [0.1, 0.15) is 250 Å². The highest BCUT2D eigenvalue weighted by atomic mass is 31.2. The number of hydrogen-bond acceptors (Lipinski definition) is 15. The van der Waals surface area contributed by atoms with Crippen molar-refractivity contribution >= 4 is 43.9 Å². The van der Waals surface area contributed by atoms with Gasteiger partial charge >= 0.3 is 43.9 Å². The topological polar surface area (TPSA) is 238 Å². The fraction of sp³-hybridized carbons (Fsp3) is 0.889. The van der Waals surface area contributed by atoms with E-state index in [9.17, 15) is 38.2 Å². The Balaban J connectivity index is 5.76. The number of phosphoric ester groups is 1. The normalized spacial score (nSPS) is 13.8. The van der Waals surface area contributed by atoms with Crippen LogP contribution in [0.5, 0.6) is 0 Å². The van der Waals surface area contributed by atoms with Gasteiger partial charge in [-0.25, -0.2) is 14.2 Å². The minimum atomic E-state index is -5.02. The number of amides is 2. The third-order valence-electron chi connectivity index (χ3n) is 11.1. The van der Waals surface area contributed by atoms with Crippen molar-refractivity contribution in [1.29, 1.82) is 0 Å². The van der Waals surface area contributed by atoms with Gasteiger partial charge in [0, 0.05) is 23.9 Å². The summed E-state index contributed by atoms with van der Waals surface area (Å²) in [5.41, 5.74) is -3.93. The summed E-state index contributed by atoms with van der Waals surface area (Å²) in [7, 11) is -5.02. The molecule has 3 atom stereocenters. The van der Waals surface area contributed by atoms with Gasteiger partial charge in [-0.2, -0.15) is 0 Å². The predicted octanol–water partition coefficient (Wildman–Crippen LogP) is 12.8. The molecular formula is C54H101N2O16P. The molecule has 0 saturated carbocycles. The first-order chi connectivity index (χ1) is 34.1. The second kappa shape index (κ2) is 38.1. The number of unbranched alkanes of at least 4 members (excludes halogenated alkanes) is 20. The predicted molar refractivity (Wildman–Crippen MR) is 282 cm³/mol. The lowest BCUT2D eigenvalue weighted by Gasteiger charge is -2.29. The molecule has 0 heterocycles. The standard InChI is InChI=1S/C54H101N2O16P/c1-13-15-17-19-21-23-25-27-29-31-33-35-45(57)65-39-43(69-46(58)36-34-32-30-28-26-24-22-20-18-16-14-2)41-67-73(63,64)68-42-44(70-48(60)38-54(11,12)56-50(62)72-52(6,7)8)40-66-47(59)37-53(9,10)55-49(61)71-51(3,4)5/h43-44H,13-42H2,1-12H3,(H,55,61)(H,56,62)(H,63,64)/t43-,44?/m1/s1. The number of alkyl carbamates (subject to hydrolysis) is 2. The highest BCUT2D eigenvalue weighted by molar-refractivity contribution is 7.47. The van der Waals surface area contributed by atoms with Crippen molar-refractivity contribution in [2.45, 2.75) is 285 Å². The number of carbonyl (C=O) groups excluding carboxylic acids is 6. The molecule has 0 rings (SSSR count). The molecule has 428 valence electrons. The van der Waals surface area contributed by atoms with Gasteiger partial charge < -0.3 is 43.9 Å². The maximum Gasteiger partial charge on any atom is 0.472 e. The van der Waals surface area contributed by atoms with E-state index < -0.39 is 111 Å². The van der Waals surface area contributed by atoms with Gasteiger partial charge in [-0.15, -0.1) is 0 Å². The molecule has 19 heteroatoms. The van der Waals surface area contributed by atoms with Gasteiger partial charge in [0.05, 0.1) is 26.1 Å². The van der Waals surface area contributed by atoms with Gasteiger partial charge in [-0.05, 0) is 82.1 Å². The lowest BCUT2D eigenvalue weighted by atomic mass is 10.0. The molecule has 2 unspecified atom stereocenters. The van der Waals surface area contributed by atoms with Gasteiger partial charge in [0.15, 0.2) is 12.2 Å². The molecule has 0 aromatic carbocycles. The van der Waals surface area contributed by atoms with Crippen molar-refractivity contribution < 1.29 is 75.7 Å². The zero-order valence-electron chi connectivity index (χ0n) is 47.4. The number of ether oxygens (including phenoxy) is 6. The Morgan fingerprint density at radius 1 is 0.425 bits per heavy atom. The average Bonchev–Trinajstić information content (AvgIpc) is 3.24. The number of phosphoric acid groups is 1. The van der Waals surface area contributed by atoms with E-state index in [1.165, 1.54) is 83.5 Å². The lowest BCUT2D eigenvalue weighted by Crippen LogP contribution is -2.48. The van der Waals surface area contributed by atoms with Crippen LogP contribution < -0.4 is 10.6 Å². The van der Waals surface area contributed by atoms with Crippen LogP contribution >= 0.6 is 7.82 Å². The minimum Gasteiger partial charge on any atom is -0.462 e. The fourth-order valence-corrected chi connectivity index (χ4v) is 8.21. The monoisotopic (exact) mass is 1060 g/mol. The van der Waals surface area contributed by atoms with Crippen LogP contribution in [0.2, 0.25) is 0 Å². The number of carbonyl (C=O) groups is 6. The summed E-state index contributed by atoms with van der Waals surface area (Å²) in [6.45, 7) is 18.2. The minimum absolute atomic E-state index is 0.0948. The van der Waals surface area contributed by atoms with Gasteiger partial charge in [-0.3, -0.25) is 28.2 Å². The summed E-state index contributed by atoms with van der Waals surface area (Å²) in [5, 5.41) is 5.20. The summed E-state index contributed by atoms with van der Waals surface area (Å²) < 4.78 is 56.4. The molecule has 3 N–H and O–H groups in total. The van der Waals surface area contributed by atoms with Crippen LogP contribution in [0.3, 0.4) is 0 Å². The number of nitrogens with one attached hydrogen (secondary N) is 2. The lowest BCUT2D eigenvalue weighted by molar-refractivity contribution is -0.163. The Bertz CT molecular complexity index is 1610. The third-order valence-corrected chi connectivity index (χ3v) is 12.1. The smallest absolute Gasteiger partial charge is 0.462 e. The number of esters is 4. The SMILES string of the molecule is CCCCCCCCCCCCCC(=O)OC[C@H](COP(=O)(O)OCC(COC(=O)CC(C)(C)NC(=O)OC(C)(C)C)OC(=O)CC(C)(C)NC(=O)OC(C)(C)C)OC(=O)CCCCCCCCCCCCC. The first kappa shape index (κ1) is 69.5. The number of rotatable bonds is 42. The maximum absolute atomic E-state index is 13.3. The molecule has 0 aromatic rings. The van der Waals surface area contributed by atoms with E-state index in [-0.39, 0.29) is 19.3 Å². The molecule has 73 heavy (non-hydrogen) atoms. The average molecular weight is 1070 g/mol. The highest BCUT2D eigenvalue weighted by Gasteiger charge is 2.33. The van der Waals surface area contributed by atoms with Crippen molar-refractivity contribution in [1.82, 2.24) is 10.6 Å². The van der Waals surface area contributed by atoms with E-state index >= 15 is 0 Å². The number of hydrogen-bond donors (Lipinski definition) is 3. The summed E-state index contributed by atoms with van der Waals surface area (Å²) in [5.74, 6) is -2.81. The highest BCUT2D eigenvalue weighted by Crippen LogP contribution is 2.43. The van der Waals surface area contributed by atoms with Gasteiger partial charge in [0.2, 0.25) is 0 Å². The zero-order valence-corrected chi connectivity index (χ0v) is 48.3. The second-order valence-corrected chi connectivity index (χ2v) is 24.0. The van der Waals surface area contributed by atoms with Crippen molar-refractivity contribution in [3.8, 4) is 0 Å². The van der Waals surface area contributed by atoms with Gasteiger partial charge in [0.1, 0.15) is 24.4 Å². The third kappa shape index (κ3) is 44.5. The van der Waals surface area contributed by atoms with E-state index in [1.807, 2.05) is 0 Å². The molecule has 0 bridgehead atoms. The summed E-state index contributed by atoms with van der Waals surface area (Å²) >= 11 is 0. The van der Waals surface area contributed by atoms with Gasteiger partial charge in [0.25, 0.3) is 0 Å². The second-order valence-electron chi connectivity index (χ2n) is 22.6. The first-order valence-electron chi connectivity index (χ1n) is 27.4. The van der Waals surface area contributed by atoms with Crippen LogP contribution in [-0.4, -0.2) is 102 Å². The van der Waals surface area contributed by atoms with Gasteiger partial charge in [-0.1, -0.05) is 142 Å². The Morgan fingerprint density at radius 2 is 0.726 bits per heavy atom. The molecule has 0 fully saturated rings. The fourth-order valence-electron chi connectivity index (χ4n) is 7.43. The Kier molecular flexibility index (Phi) is 36.3. The molecule has 0 aliphatic heterocycles. The molecule has 0 radical (unpaired) electrons. The van der Waals surface area contributed by atoms with E-state index in [4.69, 9.17) is 37.5 Å².